The van der Waals surface area contributed by atoms with E-state index in [1.54, 1.807) is 11.8 Å². The van der Waals surface area contributed by atoms with Crippen LogP contribution < -0.4 is 4.74 Å². The van der Waals surface area contributed by atoms with Crippen LogP contribution >= 0.6 is 0 Å². The Morgan fingerprint density at radius 2 is 1.97 bits per heavy atom. The largest absolute Gasteiger partial charge is 0.477 e. The molecule has 0 saturated heterocycles. The lowest BCUT2D eigenvalue weighted by Crippen LogP contribution is -2.51. The highest BCUT2D eigenvalue weighted by Crippen LogP contribution is 2.67. The van der Waals surface area contributed by atoms with Crippen LogP contribution in [0, 0.1) is 40.4 Å². The fourth-order valence-electron chi connectivity index (χ4n) is 8.54. The van der Waals surface area contributed by atoms with Crippen molar-refractivity contribution >= 4 is 0 Å². The van der Waals surface area contributed by atoms with Crippen LogP contribution in [0.25, 0.3) is 0 Å². The Balaban J connectivity index is 1.28. The molecule has 8 atom stereocenters. The van der Waals surface area contributed by atoms with Gasteiger partial charge in [0, 0.05) is 12.3 Å². The molecule has 176 valence electrons. The fourth-order valence-corrected chi connectivity index (χ4v) is 8.54. The van der Waals surface area contributed by atoms with Crippen molar-refractivity contribution in [3.05, 3.63) is 35.5 Å². The van der Waals surface area contributed by atoms with Gasteiger partial charge in [-0.2, -0.15) is 0 Å². The number of rotatable bonds is 5. The highest BCUT2D eigenvalue weighted by molar-refractivity contribution is 5.25. The number of nitrogens with zero attached hydrogens (tertiary/aromatic N) is 1. The molecule has 1 unspecified atom stereocenters. The molecule has 1 aromatic heterocycles. The second-order valence-corrected chi connectivity index (χ2v) is 11.8. The van der Waals surface area contributed by atoms with Gasteiger partial charge < -0.3 is 14.9 Å². The summed E-state index contributed by atoms with van der Waals surface area (Å²) in [5.74, 6) is 4.30. The molecular formula is C28H41NO3. The minimum atomic E-state index is -0.120. The molecule has 0 aliphatic heterocycles. The zero-order valence-electron chi connectivity index (χ0n) is 20.1. The van der Waals surface area contributed by atoms with E-state index in [1.807, 2.05) is 12.1 Å². The number of aliphatic hydroxyl groups is 2. The Bertz CT molecular complexity index is 851. The molecule has 2 N–H and O–H groups in total. The van der Waals surface area contributed by atoms with E-state index in [2.05, 4.69) is 31.8 Å². The summed E-state index contributed by atoms with van der Waals surface area (Å²) in [5, 5.41) is 19.4. The lowest BCUT2D eigenvalue weighted by atomic mass is 9.47. The number of hydrogen-bond donors (Lipinski definition) is 2. The van der Waals surface area contributed by atoms with Crippen LogP contribution in [0.1, 0.15) is 77.7 Å². The number of ether oxygens (including phenoxy) is 1. The lowest BCUT2D eigenvalue weighted by Gasteiger charge is -2.58. The Morgan fingerprint density at radius 3 is 2.72 bits per heavy atom. The summed E-state index contributed by atoms with van der Waals surface area (Å²) in [6.45, 7) is 8.20. The molecule has 4 aliphatic rings. The van der Waals surface area contributed by atoms with Crippen LogP contribution in [0.5, 0.6) is 5.88 Å². The normalized spacial score (nSPS) is 41.8. The predicted octanol–water partition coefficient (Wildman–Crippen LogP) is 5.53. The molecule has 0 amide bonds. The van der Waals surface area contributed by atoms with E-state index >= 15 is 0 Å². The molecule has 3 fully saturated rings. The number of aliphatic hydroxyl groups excluding tert-OH is 2. The average molecular weight is 440 g/mol. The maximum absolute atomic E-state index is 10.2. The van der Waals surface area contributed by atoms with E-state index in [0.29, 0.717) is 35.2 Å². The van der Waals surface area contributed by atoms with Crippen LogP contribution in [-0.4, -0.2) is 27.9 Å². The van der Waals surface area contributed by atoms with Crippen molar-refractivity contribution in [2.45, 2.75) is 84.8 Å². The van der Waals surface area contributed by atoms with Crippen molar-refractivity contribution in [3.63, 3.8) is 0 Å². The van der Waals surface area contributed by atoms with E-state index in [4.69, 9.17) is 4.74 Å². The maximum Gasteiger partial charge on any atom is 0.213 e. The second kappa shape index (κ2) is 8.43. The topological polar surface area (TPSA) is 62.6 Å². The monoisotopic (exact) mass is 439 g/mol. The zero-order valence-corrected chi connectivity index (χ0v) is 20.1. The Hall–Kier alpha value is -1.39. The molecular weight excluding hydrogens is 398 g/mol. The summed E-state index contributed by atoms with van der Waals surface area (Å²) in [7, 11) is 0. The van der Waals surface area contributed by atoms with Gasteiger partial charge in [-0.3, -0.25) is 0 Å². The van der Waals surface area contributed by atoms with Gasteiger partial charge in [0.25, 0.3) is 0 Å². The van der Waals surface area contributed by atoms with Crippen molar-refractivity contribution in [2.24, 2.45) is 40.4 Å². The molecule has 0 spiro atoms. The predicted molar refractivity (Wildman–Crippen MR) is 126 cm³/mol. The number of fused-ring (bicyclic) bond motifs is 5. The molecule has 0 radical (unpaired) electrons. The van der Waals surface area contributed by atoms with Gasteiger partial charge in [0.2, 0.25) is 5.88 Å². The maximum atomic E-state index is 10.2. The Labute approximate surface area is 193 Å². The first kappa shape index (κ1) is 22.4. The number of hydrogen-bond acceptors (Lipinski definition) is 4. The van der Waals surface area contributed by atoms with Gasteiger partial charge in [-0.1, -0.05) is 32.4 Å². The molecule has 4 nitrogen and oxygen atoms in total. The van der Waals surface area contributed by atoms with E-state index in [-0.39, 0.29) is 12.7 Å². The standard InChI is InChI=1S/C28H41NO3/c1-18(17-32-26-9-4-19(16-30)15-29-26)23-7-8-24-22-6-5-20-14-21(31)10-12-27(20,2)25(22)11-13-28(23,24)3/h4-5,9,15,18,21-25,30-31H,6-8,10-14,16-17H2,1-3H3/t18?,21-,22-,23+,24-,25-,27-,28+/m0/s1. The summed E-state index contributed by atoms with van der Waals surface area (Å²) >= 11 is 0. The van der Waals surface area contributed by atoms with Crippen LogP contribution in [0.2, 0.25) is 0 Å². The number of allylic oxidation sites excluding steroid dienone is 1. The first-order chi connectivity index (χ1) is 15.3. The highest BCUT2D eigenvalue weighted by Gasteiger charge is 2.59. The number of aromatic nitrogens is 1. The van der Waals surface area contributed by atoms with E-state index in [1.165, 1.54) is 38.5 Å². The van der Waals surface area contributed by atoms with Crippen molar-refractivity contribution in [1.82, 2.24) is 4.98 Å². The SMILES string of the molecule is CC(COc1ccc(CO)cn1)[C@H]1CC[C@H]2[C@@H]3CC=C4C[C@@H](O)CC[C@]4(C)[C@H]3CC[C@]12C. The smallest absolute Gasteiger partial charge is 0.213 e. The zero-order chi connectivity index (χ0) is 22.5. The second-order valence-electron chi connectivity index (χ2n) is 11.8. The number of pyridine rings is 1. The van der Waals surface area contributed by atoms with E-state index in [9.17, 15) is 10.2 Å². The molecule has 0 bridgehead atoms. The molecule has 5 rings (SSSR count). The summed E-state index contributed by atoms with van der Waals surface area (Å²) < 4.78 is 6.08. The first-order valence-electron chi connectivity index (χ1n) is 12.9. The van der Waals surface area contributed by atoms with Crippen molar-refractivity contribution in [2.75, 3.05) is 6.61 Å². The van der Waals surface area contributed by atoms with Crippen LogP contribution in [-0.2, 0) is 6.61 Å². The molecule has 3 saturated carbocycles. The summed E-state index contributed by atoms with van der Waals surface area (Å²) in [5.41, 5.74) is 3.12. The summed E-state index contributed by atoms with van der Waals surface area (Å²) in [4.78, 5) is 4.35. The lowest BCUT2D eigenvalue weighted by molar-refractivity contribution is -0.0592. The molecule has 1 heterocycles. The third-order valence-electron chi connectivity index (χ3n) is 10.3. The van der Waals surface area contributed by atoms with Crippen LogP contribution in [0.3, 0.4) is 0 Å². The minimum absolute atomic E-state index is 0.0178. The van der Waals surface area contributed by atoms with Gasteiger partial charge >= 0.3 is 0 Å². The Morgan fingerprint density at radius 1 is 1.12 bits per heavy atom. The highest BCUT2D eigenvalue weighted by atomic mass is 16.5. The van der Waals surface area contributed by atoms with E-state index < -0.39 is 0 Å². The summed E-state index contributed by atoms with van der Waals surface area (Å²) in [6.07, 6.45) is 13.7. The first-order valence-corrected chi connectivity index (χ1v) is 12.9. The van der Waals surface area contributed by atoms with Gasteiger partial charge in [-0.15, -0.1) is 0 Å². The van der Waals surface area contributed by atoms with Gasteiger partial charge in [-0.05, 0) is 103 Å². The third kappa shape index (κ3) is 3.62. The van der Waals surface area contributed by atoms with Crippen LogP contribution in [0.4, 0.5) is 0 Å². The van der Waals surface area contributed by atoms with Crippen molar-refractivity contribution in [1.29, 1.82) is 0 Å². The molecule has 4 aliphatic carbocycles. The van der Waals surface area contributed by atoms with Crippen molar-refractivity contribution in [3.8, 4) is 5.88 Å². The van der Waals surface area contributed by atoms with Gasteiger partial charge in [0.1, 0.15) is 0 Å². The average Bonchev–Trinajstić information content (AvgIpc) is 3.15. The van der Waals surface area contributed by atoms with Gasteiger partial charge in [-0.25, -0.2) is 4.98 Å². The Kier molecular flexibility index (Phi) is 5.90. The molecule has 0 aromatic carbocycles. The van der Waals surface area contributed by atoms with Crippen LogP contribution in [0.15, 0.2) is 30.0 Å². The quantitative estimate of drug-likeness (QED) is 0.592. The molecule has 4 heteroatoms. The van der Waals surface area contributed by atoms with E-state index in [0.717, 1.165) is 36.2 Å². The van der Waals surface area contributed by atoms with Gasteiger partial charge in [0.05, 0.1) is 19.3 Å². The molecule has 32 heavy (non-hydrogen) atoms. The third-order valence-corrected chi connectivity index (χ3v) is 10.3. The van der Waals surface area contributed by atoms with Gasteiger partial charge in [0.15, 0.2) is 0 Å². The molecule has 1 aromatic rings. The summed E-state index contributed by atoms with van der Waals surface area (Å²) in [6, 6.07) is 3.76. The fraction of sp³-hybridized carbons (Fsp3) is 0.750. The van der Waals surface area contributed by atoms with Crippen molar-refractivity contribution < 1.29 is 14.9 Å². The minimum Gasteiger partial charge on any atom is -0.477 e.